The number of likely N-dealkylation sites (tertiary alicyclic amines) is 2. The van der Waals surface area contributed by atoms with Crippen LogP contribution in [0.5, 0.6) is 0 Å². The molecule has 3 saturated carbocycles. The average Bonchev–Trinajstić information content (AvgIpc) is 3.89. The molecule has 5 fully saturated rings. The summed E-state index contributed by atoms with van der Waals surface area (Å²) < 4.78 is 0. The van der Waals surface area contributed by atoms with Gasteiger partial charge < -0.3 is 26.2 Å². The third-order valence-corrected chi connectivity index (χ3v) is 14.1. The molecule has 3 aliphatic carbocycles. The van der Waals surface area contributed by atoms with Crippen LogP contribution in [0.1, 0.15) is 147 Å². The number of fused-ring (bicyclic) bond motifs is 1. The molecule has 0 aromatic heterocycles. The first-order valence-electron chi connectivity index (χ1n) is 20.8. The van der Waals surface area contributed by atoms with Crippen molar-refractivity contribution in [3.05, 3.63) is 0 Å². The summed E-state index contributed by atoms with van der Waals surface area (Å²) in [7, 11) is 0. The van der Waals surface area contributed by atoms with Crippen molar-refractivity contribution in [2.45, 2.75) is 189 Å². The number of rotatable bonds is 13. The molecule has 12 heteroatoms. The van der Waals surface area contributed by atoms with E-state index in [1.165, 1.54) is 0 Å². The topological polar surface area (TPSA) is 157 Å². The van der Waals surface area contributed by atoms with Gasteiger partial charge in [0.2, 0.25) is 29.4 Å². The van der Waals surface area contributed by atoms with E-state index in [0.29, 0.717) is 25.8 Å². The van der Waals surface area contributed by atoms with Crippen LogP contribution in [0.4, 0.5) is 0 Å². The second-order valence-electron chi connectivity index (χ2n) is 20.2. The lowest BCUT2D eigenvalue weighted by Crippen LogP contribution is -2.64. The SMILES string of the molecule is CCC[C@H](NC(=O)[C@@H]1C[C@@]2(CN1C(=O)[C@@H](NC(=O)[C@@H](NC(=O)[C@H]1CCCCN1C(C)C)C(C)(C)C)C(C)(C)C)C(C)(C)C21CCC1)C(=O)C(=O)NC1CC1. The minimum Gasteiger partial charge on any atom is -0.347 e. The summed E-state index contributed by atoms with van der Waals surface area (Å²) in [5.41, 5.74) is -1.76. The lowest BCUT2D eigenvalue weighted by atomic mass is 9.73. The molecule has 0 aromatic rings. The maximum Gasteiger partial charge on any atom is 0.289 e. The molecule has 0 radical (unpaired) electrons. The fourth-order valence-electron chi connectivity index (χ4n) is 10.3. The predicted molar refractivity (Wildman–Crippen MR) is 208 cm³/mol. The second-order valence-corrected chi connectivity index (χ2v) is 20.2. The van der Waals surface area contributed by atoms with Crippen molar-refractivity contribution in [3.8, 4) is 0 Å². The number of hydrogen-bond donors (Lipinski definition) is 4. The Labute approximate surface area is 323 Å². The largest absolute Gasteiger partial charge is 0.347 e. The number of Topliss-reactive ketones (excluding diaryl/α,β-unsaturated/α-hetero) is 1. The third kappa shape index (κ3) is 7.70. The molecule has 4 N–H and O–H groups in total. The Morgan fingerprint density at radius 2 is 1.37 bits per heavy atom. The summed E-state index contributed by atoms with van der Waals surface area (Å²) in [6, 6.07) is -3.92. The third-order valence-electron chi connectivity index (χ3n) is 14.1. The summed E-state index contributed by atoms with van der Waals surface area (Å²) in [6.07, 6.45) is 8.91. The number of amides is 5. The van der Waals surface area contributed by atoms with E-state index in [-0.39, 0.29) is 46.2 Å². The quantitative estimate of drug-likeness (QED) is 0.205. The number of carbonyl (C=O) groups excluding carboxylic acids is 6. The van der Waals surface area contributed by atoms with Gasteiger partial charge in [-0.1, -0.05) is 81.6 Å². The smallest absolute Gasteiger partial charge is 0.289 e. The zero-order valence-electron chi connectivity index (χ0n) is 35.1. The van der Waals surface area contributed by atoms with Crippen LogP contribution >= 0.6 is 0 Å². The lowest BCUT2D eigenvalue weighted by molar-refractivity contribution is -0.146. The van der Waals surface area contributed by atoms with Crippen molar-refractivity contribution >= 4 is 35.3 Å². The van der Waals surface area contributed by atoms with Crippen LogP contribution in [-0.4, -0.2) is 101 Å². The van der Waals surface area contributed by atoms with Crippen molar-refractivity contribution in [2.75, 3.05) is 13.1 Å². The van der Waals surface area contributed by atoms with E-state index in [2.05, 4.69) is 53.9 Å². The van der Waals surface area contributed by atoms with Gasteiger partial charge in [0, 0.05) is 24.0 Å². The number of piperidine rings is 1. The van der Waals surface area contributed by atoms with Crippen LogP contribution in [0.25, 0.3) is 0 Å². The Hall–Kier alpha value is -3.02. The molecular weight excluding hydrogens is 684 g/mol. The van der Waals surface area contributed by atoms with Gasteiger partial charge in [-0.25, -0.2) is 0 Å². The fraction of sp³-hybridized carbons (Fsp3) is 0.857. The van der Waals surface area contributed by atoms with Gasteiger partial charge in [0.1, 0.15) is 18.1 Å². The van der Waals surface area contributed by atoms with Crippen LogP contribution in [0.15, 0.2) is 0 Å². The van der Waals surface area contributed by atoms with E-state index in [0.717, 1.165) is 57.9 Å². The molecule has 0 unspecified atom stereocenters. The molecule has 12 nitrogen and oxygen atoms in total. The first-order valence-corrected chi connectivity index (χ1v) is 20.8. The van der Waals surface area contributed by atoms with Crippen molar-refractivity contribution in [1.82, 2.24) is 31.1 Å². The van der Waals surface area contributed by atoms with Crippen molar-refractivity contribution in [3.63, 3.8) is 0 Å². The zero-order chi connectivity index (χ0) is 40.2. The van der Waals surface area contributed by atoms with Crippen LogP contribution in [-0.2, 0) is 28.8 Å². The Morgan fingerprint density at radius 1 is 0.759 bits per heavy atom. The molecular formula is C42H70N6O6. The standard InChI is InChI=1S/C42H70N6O6/c1-12-16-27(30(49)35(52)43-26-18-19-26)44-34(51)29-23-42(40(10,11)41(42)20-15-21-41)24-48(29)37(54)32(39(7,8)9)46-36(53)31(38(4,5)6)45-33(50)28-17-13-14-22-47(28)25(2)3/h25-29,31-32H,12-24H2,1-11H3,(H,43,52)(H,44,51)(H,45,50)(H,46,53)/t27-,28+,29-,31+,32+,42+/m0/s1. The highest BCUT2D eigenvalue weighted by Crippen LogP contribution is 2.88. The molecule has 54 heavy (non-hydrogen) atoms. The molecule has 2 aliphatic heterocycles. The Balaban J connectivity index is 1.41. The van der Waals surface area contributed by atoms with Gasteiger partial charge in [-0.05, 0) is 93.4 Å². The summed E-state index contributed by atoms with van der Waals surface area (Å²) >= 11 is 0. The molecule has 0 aromatic carbocycles. The van der Waals surface area contributed by atoms with Crippen LogP contribution in [0.2, 0.25) is 0 Å². The summed E-state index contributed by atoms with van der Waals surface area (Å²) in [5.74, 6) is -2.76. The van der Waals surface area contributed by atoms with Crippen LogP contribution in [0.3, 0.4) is 0 Å². The van der Waals surface area contributed by atoms with Gasteiger partial charge in [-0.3, -0.25) is 33.7 Å². The van der Waals surface area contributed by atoms with E-state index in [9.17, 15) is 24.0 Å². The molecule has 2 heterocycles. The zero-order valence-corrected chi connectivity index (χ0v) is 35.1. The molecule has 2 saturated heterocycles. The van der Waals surface area contributed by atoms with Crippen LogP contribution in [0, 0.1) is 27.1 Å². The second kappa shape index (κ2) is 15.1. The van der Waals surface area contributed by atoms with Gasteiger partial charge in [0.15, 0.2) is 0 Å². The minimum absolute atomic E-state index is 0.00994. The molecule has 0 bridgehead atoms. The van der Waals surface area contributed by atoms with E-state index in [1.54, 1.807) is 4.90 Å². The monoisotopic (exact) mass is 755 g/mol. The Bertz CT molecular complexity index is 1490. The summed E-state index contributed by atoms with van der Waals surface area (Å²) in [4.78, 5) is 87.6. The highest BCUT2D eigenvalue weighted by molar-refractivity contribution is 6.38. The van der Waals surface area contributed by atoms with Gasteiger partial charge in [-0.15, -0.1) is 0 Å². The van der Waals surface area contributed by atoms with E-state index in [1.807, 2.05) is 48.5 Å². The number of nitrogens with one attached hydrogen (secondary N) is 4. The van der Waals surface area contributed by atoms with Crippen molar-refractivity contribution < 1.29 is 28.8 Å². The first kappa shape index (κ1) is 42.1. The summed E-state index contributed by atoms with van der Waals surface area (Å²) in [5, 5.41) is 11.8. The molecule has 2 spiro atoms. The van der Waals surface area contributed by atoms with E-state index >= 15 is 4.79 Å². The highest BCUT2D eigenvalue weighted by atomic mass is 16.2. The van der Waals surface area contributed by atoms with Crippen LogP contribution < -0.4 is 21.3 Å². The van der Waals surface area contributed by atoms with E-state index < -0.39 is 58.5 Å². The first-order chi connectivity index (χ1) is 25.0. The highest BCUT2D eigenvalue weighted by Gasteiger charge is 2.85. The number of hydrogen-bond acceptors (Lipinski definition) is 7. The lowest BCUT2D eigenvalue weighted by Gasteiger charge is -2.40. The van der Waals surface area contributed by atoms with E-state index in [4.69, 9.17) is 0 Å². The maximum absolute atomic E-state index is 15.0. The average molecular weight is 755 g/mol. The Kier molecular flexibility index (Phi) is 11.8. The van der Waals surface area contributed by atoms with Gasteiger partial charge >= 0.3 is 0 Å². The molecule has 5 aliphatic rings. The normalized spacial score (nSPS) is 27.8. The molecule has 6 atom stereocenters. The molecule has 5 rings (SSSR count). The van der Waals surface area contributed by atoms with Gasteiger partial charge in [0.05, 0.1) is 12.1 Å². The van der Waals surface area contributed by atoms with Crippen molar-refractivity contribution in [2.24, 2.45) is 27.1 Å². The molecule has 304 valence electrons. The Morgan fingerprint density at radius 3 is 1.87 bits per heavy atom. The number of carbonyl (C=O) groups is 6. The number of nitrogens with zero attached hydrogens (tertiary/aromatic N) is 2. The maximum atomic E-state index is 15.0. The molecule has 5 amide bonds. The number of ketones is 1. The predicted octanol–water partition coefficient (Wildman–Crippen LogP) is 4.24. The minimum atomic E-state index is -1.00. The van der Waals surface area contributed by atoms with Crippen molar-refractivity contribution in [1.29, 1.82) is 0 Å². The van der Waals surface area contributed by atoms with Gasteiger partial charge in [0.25, 0.3) is 5.91 Å². The van der Waals surface area contributed by atoms with Gasteiger partial charge in [-0.2, -0.15) is 0 Å². The summed E-state index contributed by atoms with van der Waals surface area (Å²) in [6.45, 7) is 23.2. The fourth-order valence-corrected chi connectivity index (χ4v) is 10.3.